The van der Waals surface area contributed by atoms with Gasteiger partial charge in [-0.2, -0.15) is 0 Å². The van der Waals surface area contributed by atoms with Gasteiger partial charge in [0.05, 0.1) is 4.88 Å². The van der Waals surface area contributed by atoms with Gasteiger partial charge in [0, 0.05) is 18.8 Å². The molecule has 1 amide bonds. The third kappa shape index (κ3) is 1.78. The number of carbonyl (C=O) groups excluding carboxylic acids is 1. The van der Waals surface area contributed by atoms with Crippen LogP contribution in [0.5, 0.6) is 0 Å². The Morgan fingerprint density at radius 2 is 2.06 bits per heavy atom. The van der Waals surface area contributed by atoms with Gasteiger partial charge in [0.1, 0.15) is 0 Å². The monoisotopic (exact) mass is 258 g/mol. The van der Waals surface area contributed by atoms with Crippen molar-refractivity contribution in [3.63, 3.8) is 0 Å². The Morgan fingerprint density at radius 3 is 2.78 bits per heavy atom. The molecule has 2 heterocycles. The summed E-state index contributed by atoms with van der Waals surface area (Å²) in [7, 11) is 0. The Kier molecular flexibility index (Phi) is 2.59. The van der Waals surface area contributed by atoms with Crippen molar-refractivity contribution in [2.45, 2.75) is 20.0 Å². The normalized spacial score (nSPS) is 13.7. The van der Waals surface area contributed by atoms with Crippen molar-refractivity contribution in [2.24, 2.45) is 0 Å². The van der Waals surface area contributed by atoms with Gasteiger partial charge in [-0.15, -0.1) is 11.3 Å². The van der Waals surface area contributed by atoms with Crippen molar-refractivity contribution in [3.05, 3.63) is 51.2 Å². The van der Waals surface area contributed by atoms with Crippen LogP contribution in [0.4, 0.5) is 5.69 Å². The van der Waals surface area contributed by atoms with Crippen molar-refractivity contribution in [2.75, 3.05) is 5.73 Å². The molecular weight excluding hydrogens is 244 g/mol. The van der Waals surface area contributed by atoms with Crippen LogP contribution in [0.2, 0.25) is 0 Å². The number of aryl methyl sites for hydroxylation is 1. The van der Waals surface area contributed by atoms with Gasteiger partial charge in [0.25, 0.3) is 5.91 Å². The molecule has 4 heteroatoms. The number of hydrogen-bond acceptors (Lipinski definition) is 3. The van der Waals surface area contributed by atoms with Crippen LogP contribution in [-0.4, -0.2) is 10.8 Å². The SMILES string of the molecule is Cc1ccsc1C(=O)N1Cc2ccc(N)cc2C1. The van der Waals surface area contributed by atoms with Crippen molar-refractivity contribution in [3.8, 4) is 0 Å². The first-order valence-electron chi connectivity index (χ1n) is 5.86. The Balaban J connectivity index is 1.86. The minimum absolute atomic E-state index is 0.122. The number of hydrogen-bond donors (Lipinski definition) is 1. The topological polar surface area (TPSA) is 46.3 Å². The maximum Gasteiger partial charge on any atom is 0.264 e. The van der Waals surface area contributed by atoms with E-state index in [4.69, 9.17) is 5.73 Å². The van der Waals surface area contributed by atoms with Crippen LogP contribution < -0.4 is 5.73 Å². The summed E-state index contributed by atoms with van der Waals surface area (Å²) in [4.78, 5) is 15.1. The summed E-state index contributed by atoms with van der Waals surface area (Å²) in [5.41, 5.74) is 9.95. The number of nitrogen functional groups attached to an aromatic ring is 1. The maximum atomic E-state index is 12.4. The second-order valence-electron chi connectivity index (χ2n) is 4.62. The van der Waals surface area contributed by atoms with Gasteiger partial charge in [0.2, 0.25) is 0 Å². The van der Waals surface area contributed by atoms with E-state index in [0.717, 1.165) is 21.7 Å². The zero-order valence-corrected chi connectivity index (χ0v) is 11.0. The first-order chi connectivity index (χ1) is 8.65. The standard InChI is InChI=1S/C14H14N2OS/c1-9-4-5-18-13(9)14(17)16-7-10-2-3-12(15)6-11(10)8-16/h2-6H,7-8,15H2,1H3. The Bertz CT molecular complexity index is 618. The van der Waals surface area contributed by atoms with Crippen molar-refractivity contribution < 1.29 is 4.79 Å². The van der Waals surface area contributed by atoms with Crippen LogP contribution in [-0.2, 0) is 13.1 Å². The molecule has 1 aliphatic heterocycles. The zero-order valence-electron chi connectivity index (χ0n) is 10.1. The molecule has 0 saturated carbocycles. The number of nitrogens with two attached hydrogens (primary N) is 1. The third-order valence-corrected chi connectivity index (χ3v) is 4.30. The lowest BCUT2D eigenvalue weighted by Crippen LogP contribution is -2.24. The Morgan fingerprint density at radius 1 is 1.28 bits per heavy atom. The van der Waals surface area contributed by atoms with Crippen LogP contribution in [0.1, 0.15) is 26.4 Å². The summed E-state index contributed by atoms with van der Waals surface area (Å²) in [5, 5.41) is 1.96. The van der Waals surface area contributed by atoms with Crippen molar-refractivity contribution in [1.29, 1.82) is 0 Å². The lowest BCUT2D eigenvalue weighted by Gasteiger charge is -2.14. The fourth-order valence-electron chi connectivity index (χ4n) is 2.29. The highest BCUT2D eigenvalue weighted by Gasteiger charge is 2.25. The molecule has 0 spiro atoms. The molecule has 0 aliphatic carbocycles. The van der Waals surface area contributed by atoms with Crippen LogP contribution >= 0.6 is 11.3 Å². The van der Waals surface area contributed by atoms with Gasteiger partial charge < -0.3 is 10.6 Å². The molecule has 92 valence electrons. The summed E-state index contributed by atoms with van der Waals surface area (Å²) in [6.07, 6.45) is 0. The first-order valence-corrected chi connectivity index (χ1v) is 6.74. The molecule has 0 bridgehead atoms. The molecule has 18 heavy (non-hydrogen) atoms. The number of amides is 1. The Labute approximate surface area is 110 Å². The average molecular weight is 258 g/mol. The van der Waals surface area contributed by atoms with E-state index in [1.165, 1.54) is 16.9 Å². The fourth-order valence-corrected chi connectivity index (χ4v) is 3.19. The summed E-state index contributed by atoms with van der Waals surface area (Å²) in [6.45, 7) is 3.33. The number of thiophene rings is 1. The molecule has 3 rings (SSSR count). The number of nitrogens with zero attached hydrogens (tertiary/aromatic N) is 1. The highest BCUT2D eigenvalue weighted by molar-refractivity contribution is 7.12. The van der Waals surface area contributed by atoms with Gasteiger partial charge in [-0.25, -0.2) is 0 Å². The van der Waals surface area contributed by atoms with Crippen LogP contribution in [0.15, 0.2) is 29.6 Å². The van der Waals surface area contributed by atoms with Crippen molar-refractivity contribution >= 4 is 22.9 Å². The summed E-state index contributed by atoms with van der Waals surface area (Å²) in [6, 6.07) is 7.85. The predicted molar refractivity (Wildman–Crippen MR) is 73.5 cm³/mol. The molecule has 1 aliphatic rings. The minimum atomic E-state index is 0.122. The quantitative estimate of drug-likeness (QED) is 0.799. The molecule has 1 aromatic heterocycles. The van der Waals surface area contributed by atoms with Crippen molar-refractivity contribution in [1.82, 2.24) is 4.90 Å². The summed E-state index contributed by atoms with van der Waals surface area (Å²) >= 11 is 1.51. The predicted octanol–water partition coefficient (Wildman–Crippen LogP) is 2.79. The summed E-state index contributed by atoms with van der Waals surface area (Å²) < 4.78 is 0. The van der Waals surface area contributed by atoms with Gasteiger partial charge >= 0.3 is 0 Å². The van der Waals surface area contributed by atoms with E-state index in [0.29, 0.717) is 13.1 Å². The molecule has 3 nitrogen and oxygen atoms in total. The molecule has 0 saturated heterocycles. The first kappa shape index (κ1) is 11.3. The van der Waals surface area contributed by atoms with E-state index in [-0.39, 0.29) is 5.91 Å². The lowest BCUT2D eigenvalue weighted by molar-refractivity contribution is 0.0755. The van der Waals surface area contributed by atoms with Gasteiger partial charge in [-0.05, 0) is 47.2 Å². The second kappa shape index (κ2) is 4.14. The molecule has 0 radical (unpaired) electrons. The molecule has 0 unspecified atom stereocenters. The number of fused-ring (bicyclic) bond motifs is 1. The zero-order chi connectivity index (χ0) is 12.7. The molecule has 2 aromatic rings. The third-order valence-electron chi connectivity index (χ3n) is 3.30. The molecule has 2 N–H and O–H groups in total. The smallest absolute Gasteiger partial charge is 0.264 e. The molecule has 0 atom stereocenters. The maximum absolute atomic E-state index is 12.4. The summed E-state index contributed by atoms with van der Waals surface area (Å²) in [5.74, 6) is 0.122. The lowest BCUT2D eigenvalue weighted by atomic mass is 10.1. The van der Waals surface area contributed by atoms with Crippen LogP contribution in [0.3, 0.4) is 0 Å². The van der Waals surface area contributed by atoms with Gasteiger partial charge in [-0.1, -0.05) is 6.07 Å². The highest BCUT2D eigenvalue weighted by atomic mass is 32.1. The highest BCUT2D eigenvalue weighted by Crippen LogP contribution is 2.28. The van der Waals surface area contributed by atoms with Gasteiger partial charge in [-0.3, -0.25) is 4.79 Å². The van der Waals surface area contributed by atoms with E-state index < -0.39 is 0 Å². The van der Waals surface area contributed by atoms with E-state index in [1.807, 2.05) is 41.5 Å². The van der Waals surface area contributed by atoms with E-state index in [1.54, 1.807) is 0 Å². The van der Waals surface area contributed by atoms with Crippen LogP contribution in [0.25, 0.3) is 0 Å². The van der Waals surface area contributed by atoms with E-state index in [2.05, 4.69) is 0 Å². The number of benzene rings is 1. The number of carbonyl (C=O) groups is 1. The fraction of sp³-hybridized carbons (Fsp3) is 0.214. The molecule has 0 fully saturated rings. The number of rotatable bonds is 1. The number of anilines is 1. The molecular formula is C14H14N2OS. The Hall–Kier alpha value is -1.81. The average Bonchev–Trinajstić information content (AvgIpc) is 2.93. The van der Waals surface area contributed by atoms with Gasteiger partial charge in [0.15, 0.2) is 0 Å². The van der Waals surface area contributed by atoms with E-state index >= 15 is 0 Å². The molecule has 1 aromatic carbocycles. The second-order valence-corrected chi connectivity index (χ2v) is 5.54. The van der Waals surface area contributed by atoms with Crippen LogP contribution in [0, 0.1) is 6.92 Å². The van der Waals surface area contributed by atoms with E-state index in [9.17, 15) is 4.79 Å². The largest absolute Gasteiger partial charge is 0.399 e. The minimum Gasteiger partial charge on any atom is -0.399 e.